The van der Waals surface area contributed by atoms with Crippen molar-refractivity contribution in [3.05, 3.63) is 58.8 Å². The summed E-state index contributed by atoms with van der Waals surface area (Å²) in [4.78, 5) is 29.2. The van der Waals surface area contributed by atoms with E-state index in [1.165, 1.54) is 7.11 Å². The quantitative estimate of drug-likeness (QED) is 0.603. The Labute approximate surface area is 192 Å². The second-order valence-corrected chi connectivity index (χ2v) is 7.56. The summed E-state index contributed by atoms with van der Waals surface area (Å²) in [5.74, 6) is -0.413. The number of nitrogens with zero attached hydrogens (tertiary/aromatic N) is 5. The average molecular weight is 450 g/mol. The molecule has 0 radical (unpaired) electrons. The van der Waals surface area contributed by atoms with Gasteiger partial charge in [0.15, 0.2) is 6.04 Å². The summed E-state index contributed by atoms with van der Waals surface area (Å²) in [6, 6.07) is 11.6. The van der Waals surface area contributed by atoms with Gasteiger partial charge < -0.3 is 15.4 Å². The number of amides is 2. The summed E-state index contributed by atoms with van der Waals surface area (Å²) in [6.45, 7) is 4.81. The lowest BCUT2D eigenvalue weighted by Crippen LogP contribution is -2.40. The highest BCUT2D eigenvalue weighted by Gasteiger charge is 2.28. The highest BCUT2D eigenvalue weighted by Crippen LogP contribution is 2.17. The number of hydrogen-bond acceptors (Lipinski definition) is 8. The van der Waals surface area contributed by atoms with Crippen LogP contribution in [-0.4, -0.2) is 54.6 Å². The summed E-state index contributed by atoms with van der Waals surface area (Å²) in [5, 5.41) is 24.6. The molecule has 1 aliphatic rings. The Morgan fingerprint density at radius 3 is 2.70 bits per heavy atom. The molecule has 1 aromatic carbocycles. The van der Waals surface area contributed by atoms with Crippen LogP contribution in [0.3, 0.4) is 0 Å². The molecule has 0 aliphatic carbocycles. The van der Waals surface area contributed by atoms with Gasteiger partial charge in [-0.15, -0.1) is 0 Å². The maximum absolute atomic E-state index is 12.6. The van der Waals surface area contributed by atoms with Gasteiger partial charge in [-0.05, 0) is 36.6 Å². The Morgan fingerprint density at radius 2 is 2.03 bits per heavy atom. The topological polar surface area (TPSA) is 132 Å². The molecule has 0 saturated heterocycles. The van der Waals surface area contributed by atoms with Gasteiger partial charge in [-0.2, -0.15) is 10.4 Å². The van der Waals surface area contributed by atoms with Gasteiger partial charge in [-0.25, -0.2) is 4.98 Å². The highest BCUT2D eigenvalue weighted by atomic mass is 16.5. The number of hydrogen-bond donors (Lipinski definition) is 2. The normalized spacial score (nSPS) is 15.6. The smallest absolute Gasteiger partial charge is 0.256 e. The molecule has 0 bridgehead atoms. The molecule has 2 unspecified atom stereocenters. The number of nitriles is 1. The lowest BCUT2D eigenvalue weighted by molar-refractivity contribution is -0.122. The molecule has 10 nitrogen and oxygen atoms in total. The van der Waals surface area contributed by atoms with Crippen molar-refractivity contribution >= 4 is 11.8 Å². The van der Waals surface area contributed by atoms with Crippen LogP contribution >= 0.6 is 0 Å². The summed E-state index contributed by atoms with van der Waals surface area (Å²) in [5.41, 5.74) is 2.98. The lowest BCUT2D eigenvalue weighted by atomic mass is 10.0. The van der Waals surface area contributed by atoms with Gasteiger partial charge in [-0.3, -0.25) is 14.6 Å². The second-order valence-electron chi connectivity index (χ2n) is 7.56. The van der Waals surface area contributed by atoms with Crippen LogP contribution in [-0.2, 0) is 11.2 Å². The molecule has 0 fully saturated rings. The van der Waals surface area contributed by atoms with Crippen LogP contribution < -0.4 is 15.4 Å². The van der Waals surface area contributed by atoms with Crippen molar-refractivity contribution in [1.29, 1.82) is 5.26 Å². The van der Waals surface area contributed by atoms with Gasteiger partial charge in [0.1, 0.15) is 11.6 Å². The van der Waals surface area contributed by atoms with Crippen molar-refractivity contribution in [3.63, 3.8) is 0 Å². The third-order valence-corrected chi connectivity index (χ3v) is 5.23. The zero-order valence-corrected chi connectivity index (χ0v) is 18.9. The molecule has 2 heterocycles. The first-order valence-corrected chi connectivity index (χ1v) is 10.7. The number of pyridine rings is 1. The average Bonchev–Trinajstić information content (AvgIpc) is 3.31. The highest BCUT2D eigenvalue weighted by molar-refractivity contribution is 5.96. The number of carbonyl (C=O) groups excluding carboxylic acids is 2. The largest absolute Gasteiger partial charge is 0.480 e. The molecule has 2 N–H and O–H groups in total. The Kier molecular flexibility index (Phi) is 7.91. The van der Waals surface area contributed by atoms with Crippen LogP contribution in [0.15, 0.2) is 46.7 Å². The zero-order chi connectivity index (χ0) is 23.8. The standard InChI is InChI=1S/C23H27N7O3/c1-4-16-6-8-17(9-7-16)19(13-24)27-22(32)20-14-30(29-28-20)12-11-25-21(31)18-10-5-15(2)26-23(18)33-3/h5-10,19-20H,4,11-12,14H2,1-3H3,(H,25,31)(H,27,32). The van der Waals surface area contributed by atoms with Crippen molar-refractivity contribution in [2.45, 2.75) is 32.4 Å². The van der Waals surface area contributed by atoms with E-state index in [9.17, 15) is 14.9 Å². The minimum atomic E-state index is -0.759. The van der Waals surface area contributed by atoms with Crippen molar-refractivity contribution in [2.75, 3.05) is 26.7 Å². The number of benzene rings is 1. The number of aryl methyl sites for hydroxylation is 2. The summed E-state index contributed by atoms with van der Waals surface area (Å²) >= 11 is 0. The monoisotopic (exact) mass is 449 g/mol. The lowest BCUT2D eigenvalue weighted by Gasteiger charge is -2.16. The van der Waals surface area contributed by atoms with E-state index < -0.39 is 12.1 Å². The number of aromatic nitrogens is 1. The molecule has 0 saturated carbocycles. The van der Waals surface area contributed by atoms with Gasteiger partial charge in [0.05, 0.1) is 26.3 Å². The molecule has 33 heavy (non-hydrogen) atoms. The molecule has 10 heteroatoms. The fourth-order valence-corrected chi connectivity index (χ4v) is 3.31. The second kappa shape index (κ2) is 11.0. The van der Waals surface area contributed by atoms with Crippen molar-refractivity contribution in [1.82, 2.24) is 20.6 Å². The van der Waals surface area contributed by atoms with Crippen LogP contribution in [0.25, 0.3) is 0 Å². The minimum Gasteiger partial charge on any atom is -0.480 e. The Hall–Kier alpha value is -4.00. The van der Waals surface area contributed by atoms with Gasteiger partial charge in [0.25, 0.3) is 5.91 Å². The van der Waals surface area contributed by atoms with E-state index in [0.717, 1.165) is 23.2 Å². The molecule has 1 aromatic heterocycles. The number of ether oxygens (including phenoxy) is 1. The Morgan fingerprint density at radius 1 is 1.27 bits per heavy atom. The van der Waals surface area contributed by atoms with E-state index in [1.54, 1.807) is 17.1 Å². The molecule has 172 valence electrons. The van der Waals surface area contributed by atoms with E-state index in [0.29, 0.717) is 18.7 Å². The molecule has 2 amide bonds. The van der Waals surface area contributed by atoms with Crippen LogP contribution in [0.1, 0.15) is 40.1 Å². The SMILES string of the molecule is CCc1ccc(C(C#N)NC(=O)C2CN(CCNC(=O)c3ccc(C)nc3OC)N=N2)cc1. The molecule has 3 rings (SSSR count). The van der Waals surface area contributed by atoms with Crippen LogP contribution in [0, 0.1) is 18.3 Å². The number of methoxy groups -OCH3 is 1. The van der Waals surface area contributed by atoms with Crippen LogP contribution in [0.4, 0.5) is 0 Å². The van der Waals surface area contributed by atoms with Gasteiger partial charge in [0.2, 0.25) is 11.8 Å². The first-order valence-electron chi connectivity index (χ1n) is 10.7. The van der Waals surface area contributed by atoms with E-state index >= 15 is 0 Å². The number of carbonyl (C=O) groups is 2. The van der Waals surface area contributed by atoms with E-state index in [-0.39, 0.29) is 24.2 Å². The molecule has 0 spiro atoms. The first kappa shape index (κ1) is 23.7. The number of rotatable bonds is 9. The summed E-state index contributed by atoms with van der Waals surface area (Å²) in [6.07, 6.45) is 0.901. The van der Waals surface area contributed by atoms with E-state index in [4.69, 9.17) is 4.74 Å². The minimum absolute atomic E-state index is 0.265. The molecule has 2 atom stereocenters. The fraction of sp³-hybridized carbons (Fsp3) is 0.391. The summed E-state index contributed by atoms with van der Waals surface area (Å²) in [7, 11) is 1.46. The van der Waals surface area contributed by atoms with Crippen LogP contribution in [0.2, 0.25) is 0 Å². The van der Waals surface area contributed by atoms with Gasteiger partial charge in [-0.1, -0.05) is 36.4 Å². The third kappa shape index (κ3) is 6.04. The van der Waals surface area contributed by atoms with E-state index in [1.807, 2.05) is 31.2 Å². The maximum Gasteiger partial charge on any atom is 0.256 e. The van der Waals surface area contributed by atoms with E-state index in [2.05, 4.69) is 38.9 Å². The first-order chi connectivity index (χ1) is 15.9. The molecule has 1 aliphatic heterocycles. The molecule has 2 aromatic rings. The van der Waals surface area contributed by atoms with Crippen molar-refractivity contribution < 1.29 is 14.3 Å². The van der Waals surface area contributed by atoms with Crippen molar-refractivity contribution in [2.24, 2.45) is 10.3 Å². The predicted octanol–water partition coefficient (Wildman–Crippen LogP) is 2.12. The number of nitrogens with one attached hydrogen (secondary N) is 2. The van der Waals surface area contributed by atoms with Crippen molar-refractivity contribution in [3.8, 4) is 11.9 Å². The zero-order valence-electron chi connectivity index (χ0n) is 18.9. The Bertz CT molecular complexity index is 1060. The predicted molar refractivity (Wildman–Crippen MR) is 120 cm³/mol. The Balaban J connectivity index is 1.47. The summed E-state index contributed by atoms with van der Waals surface area (Å²) < 4.78 is 5.17. The fourth-order valence-electron chi connectivity index (χ4n) is 3.31. The third-order valence-electron chi connectivity index (χ3n) is 5.23. The van der Waals surface area contributed by atoms with Gasteiger partial charge in [0, 0.05) is 12.2 Å². The molecular weight excluding hydrogens is 422 g/mol. The maximum atomic E-state index is 12.6. The molecular formula is C23H27N7O3. The van der Waals surface area contributed by atoms with Crippen LogP contribution in [0.5, 0.6) is 5.88 Å². The van der Waals surface area contributed by atoms with Gasteiger partial charge >= 0.3 is 0 Å².